The number of amides is 1. The molecule has 1 fully saturated rings. The zero-order valence-corrected chi connectivity index (χ0v) is 14.8. The van der Waals surface area contributed by atoms with Crippen molar-refractivity contribution >= 4 is 22.0 Å². The molecule has 1 heterocycles. The molecular formula is C17H25N3O3S. The van der Waals surface area contributed by atoms with Gasteiger partial charge in [0.15, 0.2) is 0 Å². The third-order valence-electron chi connectivity index (χ3n) is 4.05. The van der Waals surface area contributed by atoms with Gasteiger partial charge in [0.1, 0.15) is 0 Å². The summed E-state index contributed by atoms with van der Waals surface area (Å²) >= 11 is 0. The van der Waals surface area contributed by atoms with Crippen molar-refractivity contribution < 1.29 is 13.2 Å². The minimum Gasteiger partial charge on any atom is -0.340 e. The van der Waals surface area contributed by atoms with Gasteiger partial charge in [0, 0.05) is 44.6 Å². The Bertz CT molecular complexity index is 651. The van der Waals surface area contributed by atoms with Crippen LogP contribution in [0.5, 0.6) is 0 Å². The Morgan fingerprint density at radius 2 is 1.83 bits per heavy atom. The van der Waals surface area contributed by atoms with Crippen molar-refractivity contribution in [3.63, 3.8) is 0 Å². The number of carbonyl (C=O) groups excluding carboxylic acids is 1. The number of benzene rings is 1. The van der Waals surface area contributed by atoms with Crippen LogP contribution in [0, 0.1) is 0 Å². The molecule has 0 spiro atoms. The van der Waals surface area contributed by atoms with Crippen LogP contribution in [0.1, 0.15) is 18.9 Å². The van der Waals surface area contributed by atoms with Crippen LogP contribution < -0.4 is 4.72 Å². The van der Waals surface area contributed by atoms with E-state index in [2.05, 4.69) is 16.5 Å². The van der Waals surface area contributed by atoms with Gasteiger partial charge in [-0.15, -0.1) is 0 Å². The summed E-state index contributed by atoms with van der Waals surface area (Å²) in [6.07, 6.45) is 1.72. The zero-order chi connectivity index (χ0) is 17.4. The molecule has 24 heavy (non-hydrogen) atoms. The molecule has 0 atom stereocenters. The summed E-state index contributed by atoms with van der Waals surface area (Å²) in [4.78, 5) is 16.2. The first-order valence-electron chi connectivity index (χ1n) is 8.23. The highest BCUT2D eigenvalue weighted by molar-refractivity contribution is 7.92. The lowest BCUT2D eigenvalue weighted by atomic mass is 10.2. The molecule has 6 nitrogen and oxygen atoms in total. The van der Waals surface area contributed by atoms with Gasteiger partial charge in [-0.05, 0) is 18.2 Å². The Morgan fingerprint density at radius 1 is 1.17 bits per heavy atom. The molecule has 0 radical (unpaired) electrons. The fourth-order valence-corrected chi connectivity index (χ4v) is 3.37. The average molecular weight is 351 g/mol. The second-order valence-electron chi connectivity index (χ2n) is 5.72. The molecule has 1 amide bonds. The molecule has 132 valence electrons. The van der Waals surface area contributed by atoms with E-state index in [1.165, 1.54) is 6.08 Å². The number of piperazine rings is 1. The van der Waals surface area contributed by atoms with E-state index in [1.807, 2.05) is 30.3 Å². The van der Waals surface area contributed by atoms with Crippen LogP contribution in [-0.2, 0) is 14.8 Å². The summed E-state index contributed by atoms with van der Waals surface area (Å²) in [6, 6.07) is 9.21. The maximum absolute atomic E-state index is 12.1. The van der Waals surface area contributed by atoms with Crippen molar-refractivity contribution in [2.24, 2.45) is 0 Å². The van der Waals surface area contributed by atoms with Crippen molar-refractivity contribution in [2.75, 3.05) is 39.3 Å². The van der Waals surface area contributed by atoms with Gasteiger partial charge in [0.2, 0.25) is 15.9 Å². The number of hydrogen-bond acceptors (Lipinski definition) is 4. The van der Waals surface area contributed by atoms with Crippen molar-refractivity contribution in [3.05, 3.63) is 41.3 Å². The van der Waals surface area contributed by atoms with Crippen LogP contribution in [0.15, 0.2) is 35.7 Å². The lowest BCUT2D eigenvalue weighted by Gasteiger charge is -2.34. The van der Waals surface area contributed by atoms with Crippen molar-refractivity contribution in [3.8, 4) is 0 Å². The Labute approximate surface area is 144 Å². The fraction of sp³-hybridized carbons (Fsp3) is 0.471. The standard InChI is InChI=1S/C17H25N3O3S/c1-2-19-11-13-20(14-12-19)17(21)8-10-18-24(22,23)15-9-16-6-4-3-5-7-16/h3-7,9,15,18H,2,8,10-14H2,1H3/b15-9+. The molecule has 1 N–H and O–H groups in total. The number of sulfonamides is 1. The van der Waals surface area contributed by atoms with Crippen molar-refractivity contribution in [1.29, 1.82) is 0 Å². The highest BCUT2D eigenvalue weighted by Gasteiger charge is 2.20. The van der Waals surface area contributed by atoms with E-state index in [4.69, 9.17) is 0 Å². The monoisotopic (exact) mass is 351 g/mol. The molecule has 0 aliphatic carbocycles. The highest BCUT2D eigenvalue weighted by atomic mass is 32.2. The number of hydrogen-bond donors (Lipinski definition) is 1. The number of carbonyl (C=O) groups is 1. The normalized spacial score (nSPS) is 16.6. The lowest BCUT2D eigenvalue weighted by Crippen LogP contribution is -2.48. The summed E-state index contributed by atoms with van der Waals surface area (Å²) in [5.74, 6) is 0.000456. The Morgan fingerprint density at radius 3 is 2.46 bits per heavy atom. The minimum atomic E-state index is -3.53. The van der Waals surface area contributed by atoms with E-state index in [0.717, 1.165) is 30.6 Å². The van der Waals surface area contributed by atoms with Crippen LogP contribution in [0.3, 0.4) is 0 Å². The maximum atomic E-state index is 12.1. The van der Waals surface area contributed by atoms with E-state index >= 15 is 0 Å². The summed E-state index contributed by atoms with van der Waals surface area (Å²) in [5.41, 5.74) is 0.813. The first-order valence-corrected chi connectivity index (χ1v) is 9.78. The average Bonchev–Trinajstić information content (AvgIpc) is 2.61. The van der Waals surface area contributed by atoms with Gasteiger partial charge >= 0.3 is 0 Å². The van der Waals surface area contributed by atoms with Gasteiger partial charge in [-0.2, -0.15) is 0 Å². The van der Waals surface area contributed by atoms with E-state index in [-0.39, 0.29) is 18.9 Å². The minimum absolute atomic E-state index is 0.000456. The molecule has 1 aromatic carbocycles. The van der Waals surface area contributed by atoms with Gasteiger partial charge in [-0.1, -0.05) is 37.3 Å². The number of nitrogens with one attached hydrogen (secondary N) is 1. The van der Waals surface area contributed by atoms with Crippen molar-refractivity contribution in [1.82, 2.24) is 14.5 Å². The van der Waals surface area contributed by atoms with E-state index < -0.39 is 10.0 Å². The number of likely N-dealkylation sites (N-methyl/N-ethyl adjacent to an activating group) is 1. The maximum Gasteiger partial charge on any atom is 0.233 e. The van der Waals surface area contributed by atoms with Gasteiger partial charge < -0.3 is 9.80 Å². The molecule has 0 aromatic heterocycles. The number of nitrogens with zero attached hydrogens (tertiary/aromatic N) is 2. The molecule has 0 unspecified atom stereocenters. The Hall–Kier alpha value is -1.70. The first-order chi connectivity index (χ1) is 11.5. The quantitative estimate of drug-likeness (QED) is 0.800. The molecule has 2 rings (SSSR count). The molecule has 0 saturated carbocycles. The largest absolute Gasteiger partial charge is 0.340 e. The molecule has 1 aliphatic rings. The highest BCUT2D eigenvalue weighted by Crippen LogP contribution is 2.04. The Balaban J connectivity index is 1.74. The summed E-state index contributed by atoms with van der Waals surface area (Å²) < 4.78 is 26.3. The van der Waals surface area contributed by atoms with Crippen molar-refractivity contribution in [2.45, 2.75) is 13.3 Å². The molecule has 0 bridgehead atoms. The summed E-state index contributed by atoms with van der Waals surface area (Å²) in [6.45, 7) is 6.42. The molecule has 1 aliphatic heterocycles. The third kappa shape index (κ3) is 6.07. The third-order valence-corrected chi connectivity index (χ3v) is 5.15. The zero-order valence-electron chi connectivity index (χ0n) is 14.0. The molecule has 1 saturated heterocycles. The SMILES string of the molecule is CCN1CCN(C(=O)CCNS(=O)(=O)/C=C/c2ccccc2)CC1. The van der Waals surface area contributed by atoms with Crippen LogP contribution in [0.2, 0.25) is 0 Å². The second-order valence-corrected chi connectivity index (χ2v) is 7.37. The van der Waals surface area contributed by atoms with E-state index in [9.17, 15) is 13.2 Å². The molecule has 7 heteroatoms. The fourth-order valence-electron chi connectivity index (χ4n) is 2.55. The molecule has 1 aromatic rings. The Kier molecular flexibility index (Phi) is 6.96. The smallest absolute Gasteiger partial charge is 0.233 e. The van der Waals surface area contributed by atoms with E-state index in [1.54, 1.807) is 4.90 Å². The predicted molar refractivity (Wildman–Crippen MR) is 95.7 cm³/mol. The van der Waals surface area contributed by atoms with Gasteiger partial charge in [-0.25, -0.2) is 13.1 Å². The van der Waals surface area contributed by atoms with Crippen LogP contribution >= 0.6 is 0 Å². The van der Waals surface area contributed by atoms with Gasteiger partial charge in [-0.3, -0.25) is 4.79 Å². The summed E-state index contributed by atoms with van der Waals surface area (Å²) in [5, 5.41) is 1.13. The van der Waals surface area contributed by atoms with Crippen LogP contribution in [0.4, 0.5) is 0 Å². The van der Waals surface area contributed by atoms with Crippen LogP contribution in [-0.4, -0.2) is 63.4 Å². The topological polar surface area (TPSA) is 69.7 Å². The number of rotatable bonds is 7. The van der Waals surface area contributed by atoms with E-state index in [0.29, 0.717) is 13.1 Å². The molecular weight excluding hydrogens is 326 g/mol. The predicted octanol–water partition coefficient (Wildman–Crippen LogP) is 1.13. The van der Waals surface area contributed by atoms with Gasteiger partial charge in [0.05, 0.1) is 0 Å². The first kappa shape index (κ1) is 18.6. The lowest BCUT2D eigenvalue weighted by molar-refractivity contribution is -0.132. The summed E-state index contributed by atoms with van der Waals surface area (Å²) in [7, 11) is -3.53. The van der Waals surface area contributed by atoms with Gasteiger partial charge in [0.25, 0.3) is 0 Å². The second kappa shape index (κ2) is 8.96. The van der Waals surface area contributed by atoms with Crippen LogP contribution in [0.25, 0.3) is 6.08 Å².